The number of nitrogens with zero attached hydrogens (tertiary/aromatic N) is 1. The highest BCUT2D eigenvalue weighted by Crippen LogP contribution is 2.21. The first-order valence-electron chi connectivity index (χ1n) is 9.24. The van der Waals surface area contributed by atoms with Gasteiger partial charge in [-0.15, -0.1) is 0 Å². The minimum absolute atomic E-state index is 0.0624. The number of rotatable bonds is 7. The summed E-state index contributed by atoms with van der Waals surface area (Å²) < 4.78 is 32.4. The van der Waals surface area contributed by atoms with Crippen molar-refractivity contribution < 1.29 is 27.7 Å². The van der Waals surface area contributed by atoms with Crippen LogP contribution in [0.1, 0.15) is 48.4 Å². The Morgan fingerprint density at radius 2 is 1.74 bits per heavy atom. The number of carbonyl (C=O) groups excluding carboxylic acids is 2. The largest absolute Gasteiger partial charge is 0.462 e. The van der Waals surface area contributed by atoms with Gasteiger partial charge in [0.2, 0.25) is 10.0 Å². The smallest absolute Gasteiger partial charge is 0.338 e. The SMILES string of the molecule is CCOC(=O)c1cc(C(=O)Nc2cccc(S(=O)(=O)NC(C)(C)C)c2)cc([N+](=O)[O-])c1. The number of nitro groups is 1. The Kier molecular flexibility index (Phi) is 7.13. The molecule has 2 aromatic carbocycles. The van der Waals surface area contributed by atoms with Crippen LogP contribution in [0.2, 0.25) is 0 Å². The monoisotopic (exact) mass is 449 g/mol. The van der Waals surface area contributed by atoms with Crippen molar-refractivity contribution in [2.45, 2.75) is 38.1 Å². The molecule has 0 aliphatic carbocycles. The summed E-state index contributed by atoms with van der Waals surface area (Å²) in [5.41, 5.74) is -1.30. The highest BCUT2D eigenvalue weighted by atomic mass is 32.2. The summed E-state index contributed by atoms with van der Waals surface area (Å²) in [6.07, 6.45) is 0. The molecular formula is C20H23N3O7S. The van der Waals surface area contributed by atoms with E-state index in [1.54, 1.807) is 27.7 Å². The molecule has 0 aliphatic rings. The van der Waals surface area contributed by atoms with E-state index < -0.39 is 38.0 Å². The van der Waals surface area contributed by atoms with Crippen LogP contribution in [0.25, 0.3) is 0 Å². The lowest BCUT2D eigenvalue weighted by molar-refractivity contribution is -0.384. The number of anilines is 1. The van der Waals surface area contributed by atoms with E-state index in [2.05, 4.69) is 10.0 Å². The van der Waals surface area contributed by atoms with E-state index in [-0.39, 0.29) is 28.3 Å². The number of non-ortho nitro benzene ring substituents is 1. The van der Waals surface area contributed by atoms with Gasteiger partial charge in [-0.05, 0) is 52.0 Å². The second-order valence-corrected chi connectivity index (χ2v) is 9.27. The third-order valence-corrected chi connectivity index (χ3v) is 5.50. The molecule has 0 atom stereocenters. The molecule has 0 saturated heterocycles. The molecule has 11 heteroatoms. The molecule has 10 nitrogen and oxygen atoms in total. The Bertz CT molecular complexity index is 1120. The fraction of sp³-hybridized carbons (Fsp3) is 0.300. The number of nitro benzene ring substituents is 1. The minimum Gasteiger partial charge on any atom is -0.462 e. The zero-order valence-corrected chi connectivity index (χ0v) is 18.3. The summed E-state index contributed by atoms with van der Waals surface area (Å²) in [7, 11) is -3.83. The molecule has 0 saturated carbocycles. The van der Waals surface area contributed by atoms with Crippen molar-refractivity contribution in [3.05, 3.63) is 63.7 Å². The van der Waals surface area contributed by atoms with E-state index >= 15 is 0 Å². The molecule has 0 aliphatic heterocycles. The molecule has 0 bridgehead atoms. The molecule has 0 heterocycles. The predicted octanol–water partition coefficient (Wildman–Crippen LogP) is 3.10. The number of benzene rings is 2. The van der Waals surface area contributed by atoms with Crippen molar-refractivity contribution in [1.82, 2.24) is 4.72 Å². The molecule has 0 fully saturated rings. The molecule has 0 spiro atoms. The van der Waals surface area contributed by atoms with Gasteiger partial charge < -0.3 is 10.1 Å². The van der Waals surface area contributed by atoms with Crippen molar-refractivity contribution >= 4 is 33.3 Å². The first kappa shape index (κ1) is 24.0. The number of ether oxygens (including phenoxy) is 1. The molecule has 31 heavy (non-hydrogen) atoms. The molecule has 0 radical (unpaired) electrons. The zero-order chi connectivity index (χ0) is 23.4. The standard InChI is InChI=1S/C20H23N3O7S/c1-5-30-19(25)14-9-13(10-16(11-14)23(26)27)18(24)21-15-7-6-8-17(12-15)31(28,29)22-20(2,3)4/h6-12,22H,5H2,1-4H3,(H,21,24). The maximum absolute atomic E-state index is 12.7. The molecule has 2 rings (SSSR count). The van der Waals surface area contributed by atoms with Gasteiger partial charge in [-0.1, -0.05) is 6.07 Å². The summed E-state index contributed by atoms with van der Waals surface area (Å²) >= 11 is 0. The van der Waals surface area contributed by atoms with Gasteiger partial charge in [0.05, 0.1) is 22.0 Å². The van der Waals surface area contributed by atoms with Crippen LogP contribution in [-0.4, -0.2) is 37.4 Å². The Labute approximate surface area is 179 Å². The number of carbonyl (C=O) groups is 2. The predicted molar refractivity (Wildman–Crippen MR) is 114 cm³/mol. The second-order valence-electron chi connectivity index (χ2n) is 7.58. The molecule has 2 N–H and O–H groups in total. The topological polar surface area (TPSA) is 145 Å². The van der Waals surface area contributed by atoms with Gasteiger partial charge in [0, 0.05) is 28.9 Å². The van der Waals surface area contributed by atoms with Crippen LogP contribution in [0, 0.1) is 10.1 Å². The van der Waals surface area contributed by atoms with E-state index in [9.17, 15) is 28.1 Å². The number of amides is 1. The van der Waals surface area contributed by atoms with E-state index in [1.165, 1.54) is 30.3 Å². The summed E-state index contributed by atoms with van der Waals surface area (Å²) in [5, 5.41) is 13.7. The Morgan fingerprint density at radius 3 is 2.32 bits per heavy atom. The van der Waals surface area contributed by atoms with Crippen molar-refractivity contribution in [2.24, 2.45) is 0 Å². The number of nitrogens with one attached hydrogen (secondary N) is 2. The fourth-order valence-electron chi connectivity index (χ4n) is 2.59. The van der Waals surface area contributed by atoms with Gasteiger partial charge in [0.25, 0.3) is 11.6 Å². The summed E-state index contributed by atoms with van der Waals surface area (Å²) in [6.45, 7) is 6.73. The fourth-order valence-corrected chi connectivity index (χ4v) is 4.05. The van der Waals surface area contributed by atoms with Crippen molar-refractivity contribution in [1.29, 1.82) is 0 Å². The van der Waals surface area contributed by atoms with Crippen LogP contribution in [-0.2, 0) is 14.8 Å². The van der Waals surface area contributed by atoms with Gasteiger partial charge in [0.15, 0.2) is 0 Å². The molecule has 2 aromatic rings. The van der Waals surface area contributed by atoms with Gasteiger partial charge in [-0.25, -0.2) is 17.9 Å². The van der Waals surface area contributed by atoms with E-state index in [0.29, 0.717) is 0 Å². The third kappa shape index (κ3) is 6.59. The lowest BCUT2D eigenvalue weighted by Crippen LogP contribution is -2.40. The first-order chi connectivity index (χ1) is 14.3. The molecule has 0 unspecified atom stereocenters. The van der Waals surface area contributed by atoms with Crippen molar-refractivity contribution in [3.8, 4) is 0 Å². The molecule has 1 amide bonds. The lowest BCUT2D eigenvalue weighted by atomic mass is 10.1. The quantitative estimate of drug-likeness (QED) is 0.375. The second kappa shape index (κ2) is 9.23. The average molecular weight is 449 g/mol. The van der Waals surface area contributed by atoms with Crippen LogP contribution in [0.5, 0.6) is 0 Å². The van der Waals surface area contributed by atoms with Crippen LogP contribution in [0.3, 0.4) is 0 Å². The van der Waals surface area contributed by atoms with Gasteiger partial charge in [-0.2, -0.15) is 0 Å². The highest BCUT2D eigenvalue weighted by Gasteiger charge is 2.23. The average Bonchev–Trinajstić information content (AvgIpc) is 2.66. The molecular weight excluding hydrogens is 426 g/mol. The third-order valence-electron chi connectivity index (χ3n) is 3.74. The summed E-state index contributed by atoms with van der Waals surface area (Å²) in [4.78, 5) is 35.0. The minimum atomic E-state index is -3.83. The van der Waals surface area contributed by atoms with Crippen LogP contribution in [0.15, 0.2) is 47.4 Å². The number of esters is 1. The number of sulfonamides is 1. The molecule has 0 aromatic heterocycles. The van der Waals surface area contributed by atoms with Crippen LogP contribution < -0.4 is 10.0 Å². The van der Waals surface area contributed by atoms with Crippen LogP contribution >= 0.6 is 0 Å². The number of hydrogen-bond donors (Lipinski definition) is 2. The van der Waals surface area contributed by atoms with Crippen LogP contribution in [0.4, 0.5) is 11.4 Å². The van der Waals surface area contributed by atoms with Gasteiger partial charge in [0.1, 0.15) is 0 Å². The molecule has 166 valence electrons. The lowest BCUT2D eigenvalue weighted by Gasteiger charge is -2.20. The summed E-state index contributed by atoms with van der Waals surface area (Å²) in [6, 6.07) is 8.75. The Morgan fingerprint density at radius 1 is 1.10 bits per heavy atom. The zero-order valence-electron chi connectivity index (χ0n) is 17.5. The van der Waals surface area contributed by atoms with E-state index in [1.807, 2.05) is 0 Å². The normalized spacial score (nSPS) is 11.6. The van der Waals surface area contributed by atoms with E-state index in [0.717, 1.165) is 12.1 Å². The van der Waals surface area contributed by atoms with E-state index in [4.69, 9.17) is 4.74 Å². The highest BCUT2D eigenvalue weighted by molar-refractivity contribution is 7.89. The Hall–Kier alpha value is -3.31. The summed E-state index contributed by atoms with van der Waals surface area (Å²) in [5.74, 6) is -1.56. The Balaban J connectivity index is 2.35. The first-order valence-corrected chi connectivity index (χ1v) is 10.7. The number of hydrogen-bond acceptors (Lipinski definition) is 7. The maximum atomic E-state index is 12.7. The van der Waals surface area contributed by atoms with Gasteiger partial charge >= 0.3 is 5.97 Å². The van der Waals surface area contributed by atoms with Gasteiger partial charge in [-0.3, -0.25) is 14.9 Å². The van der Waals surface area contributed by atoms with Crippen molar-refractivity contribution in [2.75, 3.05) is 11.9 Å². The maximum Gasteiger partial charge on any atom is 0.338 e. The van der Waals surface area contributed by atoms with Crippen molar-refractivity contribution in [3.63, 3.8) is 0 Å².